The van der Waals surface area contributed by atoms with Crippen LogP contribution < -0.4 is 0 Å². The SMILES string of the molecule is CC(C)[C@H](OP1N(C)[C@@H]2CCCC[C@H]2N1C)c1ccccc1. The van der Waals surface area contributed by atoms with Gasteiger partial charge in [0.1, 0.15) is 0 Å². The van der Waals surface area contributed by atoms with Crippen LogP contribution in [0.15, 0.2) is 30.3 Å². The smallest absolute Gasteiger partial charge is 0.188 e. The standard InChI is InChI=1S/C18H29N2OP/c1-14(2)18(15-10-6-5-7-11-15)21-22-19(3)16-12-8-9-13-17(16)20(22)4/h5-7,10-11,14,16-18H,8-9,12-13H2,1-4H3/t16-,17-,18+/m1/s1. The van der Waals surface area contributed by atoms with Crippen molar-refractivity contribution in [1.29, 1.82) is 0 Å². The third-order valence-corrected chi connectivity index (χ3v) is 7.22. The van der Waals surface area contributed by atoms with E-state index >= 15 is 0 Å². The molecule has 2 aliphatic rings. The Morgan fingerprint density at radius 2 is 1.55 bits per heavy atom. The predicted molar refractivity (Wildman–Crippen MR) is 93.6 cm³/mol. The third-order valence-electron chi connectivity index (χ3n) is 5.14. The number of nitrogens with zero attached hydrogens (tertiary/aromatic N) is 2. The number of rotatable bonds is 4. The summed E-state index contributed by atoms with van der Waals surface area (Å²) in [4.78, 5) is 0. The molecule has 0 bridgehead atoms. The molecular weight excluding hydrogens is 291 g/mol. The van der Waals surface area contributed by atoms with E-state index in [1.807, 2.05) is 0 Å². The van der Waals surface area contributed by atoms with Gasteiger partial charge in [-0.2, -0.15) is 0 Å². The van der Waals surface area contributed by atoms with Crippen molar-refractivity contribution in [2.45, 2.75) is 57.7 Å². The van der Waals surface area contributed by atoms with Crippen molar-refractivity contribution >= 4 is 8.45 Å². The van der Waals surface area contributed by atoms with Gasteiger partial charge in [0.2, 0.25) is 0 Å². The van der Waals surface area contributed by atoms with Gasteiger partial charge in [-0.25, -0.2) is 9.34 Å². The highest BCUT2D eigenvalue weighted by molar-refractivity contribution is 7.47. The van der Waals surface area contributed by atoms with Crippen LogP contribution in [0.2, 0.25) is 0 Å². The van der Waals surface area contributed by atoms with E-state index in [2.05, 4.69) is 67.6 Å². The van der Waals surface area contributed by atoms with E-state index in [9.17, 15) is 0 Å². The van der Waals surface area contributed by atoms with Crippen molar-refractivity contribution in [2.24, 2.45) is 5.92 Å². The molecule has 1 aromatic carbocycles. The van der Waals surface area contributed by atoms with Gasteiger partial charge in [0.05, 0.1) is 6.10 Å². The molecule has 3 rings (SSSR count). The Morgan fingerprint density at radius 3 is 2.05 bits per heavy atom. The molecule has 1 saturated heterocycles. The van der Waals surface area contributed by atoms with Gasteiger partial charge in [-0.15, -0.1) is 0 Å². The number of fused-ring (bicyclic) bond motifs is 1. The normalized spacial score (nSPS) is 29.0. The van der Waals surface area contributed by atoms with Gasteiger partial charge in [0, 0.05) is 12.1 Å². The van der Waals surface area contributed by atoms with E-state index in [1.165, 1.54) is 31.2 Å². The highest BCUT2D eigenvalue weighted by Crippen LogP contribution is 2.58. The molecule has 1 aliphatic heterocycles. The quantitative estimate of drug-likeness (QED) is 0.740. The summed E-state index contributed by atoms with van der Waals surface area (Å²) >= 11 is 0. The Kier molecular flexibility index (Phi) is 5.19. The third kappa shape index (κ3) is 3.10. The molecule has 122 valence electrons. The molecule has 1 heterocycles. The molecule has 0 radical (unpaired) electrons. The summed E-state index contributed by atoms with van der Waals surface area (Å²) in [6.45, 7) is 4.52. The van der Waals surface area contributed by atoms with Crippen molar-refractivity contribution in [2.75, 3.05) is 14.1 Å². The van der Waals surface area contributed by atoms with Crippen molar-refractivity contribution in [3.8, 4) is 0 Å². The topological polar surface area (TPSA) is 15.7 Å². The lowest BCUT2D eigenvalue weighted by molar-refractivity contribution is 0.153. The fourth-order valence-corrected chi connectivity index (χ4v) is 6.26. The minimum Gasteiger partial charge on any atom is -0.323 e. The number of hydrogen-bond acceptors (Lipinski definition) is 3. The molecule has 0 aromatic heterocycles. The summed E-state index contributed by atoms with van der Waals surface area (Å²) in [5.74, 6) is 0.481. The van der Waals surface area contributed by atoms with E-state index in [0.717, 1.165) is 0 Å². The van der Waals surface area contributed by atoms with Gasteiger partial charge in [-0.1, -0.05) is 57.0 Å². The molecule has 1 aromatic rings. The largest absolute Gasteiger partial charge is 0.323 e. The van der Waals surface area contributed by atoms with Crippen molar-refractivity contribution in [1.82, 2.24) is 9.34 Å². The Labute approximate surface area is 136 Å². The highest BCUT2D eigenvalue weighted by atomic mass is 31.2. The fourth-order valence-electron chi connectivity index (χ4n) is 3.90. The van der Waals surface area contributed by atoms with Crippen LogP contribution in [0.3, 0.4) is 0 Å². The minimum atomic E-state index is -0.647. The maximum atomic E-state index is 6.69. The average Bonchev–Trinajstić information content (AvgIpc) is 2.78. The molecule has 0 spiro atoms. The summed E-state index contributed by atoms with van der Waals surface area (Å²) < 4.78 is 11.7. The van der Waals surface area contributed by atoms with E-state index < -0.39 is 8.45 Å². The highest BCUT2D eigenvalue weighted by Gasteiger charge is 2.46. The molecular formula is C18H29N2OP. The maximum Gasteiger partial charge on any atom is 0.188 e. The Balaban J connectivity index is 1.78. The van der Waals surface area contributed by atoms with Crippen LogP contribution in [-0.4, -0.2) is 35.5 Å². The van der Waals surface area contributed by atoms with Crippen LogP contribution in [0.1, 0.15) is 51.2 Å². The van der Waals surface area contributed by atoms with E-state index in [-0.39, 0.29) is 6.10 Å². The molecule has 22 heavy (non-hydrogen) atoms. The molecule has 1 aliphatic carbocycles. The van der Waals surface area contributed by atoms with Gasteiger partial charge < -0.3 is 4.52 Å². The van der Waals surface area contributed by atoms with Crippen LogP contribution in [-0.2, 0) is 4.52 Å². The summed E-state index contributed by atoms with van der Waals surface area (Å²) in [5, 5.41) is 0. The van der Waals surface area contributed by atoms with Crippen molar-refractivity contribution < 1.29 is 4.52 Å². The zero-order valence-electron chi connectivity index (χ0n) is 14.3. The first-order valence-electron chi connectivity index (χ1n) is 8.57. The van der Waals surface area contributed by atoms with Crippen LogP contribution in [0.4, 0.5) is 0 Å². The maximum absolute atomic E-state index is 6.69. The van der Waals surface area contributed by atoms with E-state index in [1.54, 1.807) is 0 Å². The number of benzene rings is 1. The number of hydrogen-bond donors (Lipinski definition) is 0. The summed E-state index contributed by atoms with van der Waals surface area (Å²) in [6.07, 6.45) is 5.57. The molecule has 3 atom stereocenters. The Bertz CT molecular complexity index is 463. The van der Waals surface area contributed by atoms with Crippen LogP contribution in [0.25, 0.3) is 0 Å². The summed E-state index contributed by atoms with van der Waals surface area (Å²) in [7, 11) is 3.88. The summed E-state index contributed by atoms with van der Waals surface area (Å²) in [5.41, 5.74) is 1.30. The number of likely N-dealkylation sites (N-methyl/N-ethyl adjacent to an activating group) is 2. The lowest BCUT2D eigenvalue weighted by atomic mass is 9.91. The monoisotopic (exact) mass is 320 g/mol. The molecule has 1 saturated carbocycles. The van der Waals surface area contributed by atoms with E-state index in [0.29, 0.717) is 18.0 Å². The van der Waals surface area contributed by atoms with Gasteiger partial charge >= 0.3 is 0 Å². The lowest BCUT2D eigenvalue weighted by Crippen LogP contribution is -2.37. The second-order valence-corrected chi connectivity index (χ2v) is 8.98. The molecule has 0 unspecified atom stereocenters. The van der Waals surface area contributed by atoms with Crippen molar-refractivity contribution in [3.05, 3.63) is 35.9 Å². The first-order valence-corrected chi connectivity index (χ1v) is 9.73. The zero-order valence-corrected chi connectivity index (χ0v) is 15.2. The van der Waals surface area contributed by atoms with E-state index in [4.69, 9.17) is 4.52 Å². The molecule has 3 nitrogen and oxygen atoms in total. The lowest BCUT2D eigenvalue weighted by Gasteiger charge is -2.31. The predicted octanol–water partition coefficient (Wildman–Crippen LogP) is 4.82. The second-order valence-electron chi connectivity index (χ2n) is 7.00. The molecule has 0 N–H and O–H groups in total. The first kappa shape index (κ1) is 16.4. The minimum absolute atomic E-state index is 0.178. The molecule has 2 fully saturated rings. The van der Waals surface area contributed by atoms with Gasteiger partial charge in [0.25, 0.3) is 0 Å². The fraction of sp³-hybridized carbons (Fsp3) is 0.667. The molecule has 0 amide bonds. The second kappa shape index (κ2) is 6.97. The van der Waals surface area contributed by atoms with Crippen LogP contribution in [0, 0.1) is 5.92 Å². The molecule has 4 heteroatoms. The van der Waals surface area contributed by atoms with Crippen LogP contribution >= 0.6 is 8.45 Å². The first-order chi connectivity index (χ1) is 10.6. The Morgan fingerprint density at radius 1 is 1.00 bits per heavy atom. The average molecular weight is 320 g/mol. The van der Waals surface area contributed by atoms with Crippen molar-refractivity contribution in [3.63, 3.8) is 0 Å². The van der Waals surface area contributed by atoms with Gasteiger partial charge in [0.15, 0.2) is 8.45 Å². The Hall–Kier alpha value is -0.470. The van der Waals surface area contributed by atoms with Gasteiger partial charge in [-0.3, -0.25) is 0 Å². The van der Waals surface area contributed by atoms with Gasteiger partial charge in [-0.05, 0) is 38.4 Å². The summed E-state index contributed by atoms with van der Waals surface area (Å²) in [6, 6.07) is 12.1. The van der Waals surface area contributed by atoms with Crippen LogP contribution in [0.5, 0.6) is 0 Å². The zero-order chi connectivity index (χ0) is 15.7.